The SMILES string of the molecule is Cc1ccc(C(=NOCC#N)C(F)(F)F)cc1. The van der Waals surface area contributed by atoms with E-state index in [9.17, 15) is 13.2 Å². The van der Waals surface area contributed by atoms with Crippen LogP contribution < -0.4 is 0 Å². The van der Waals surface area contributed by atoms with E-state index in [1.165, 1.54) is 18.2 Å². The van der Waals surface area contributed by atoms with Crippen molar-refractivity contribution < 1.29 is 18.0 Å². The summed E-state index contributed by atoms with van der Waals surface area (Å²) in [5.74, 6) is 0. The second-order valence-electron chi connectivity index (χ2n) is 3.24. The van der Waals surface area contributed by atoms with Crippen molar-refractivity contribution in [3.63, 3.8) is 0 Å². The monoisotopic (exact) mass is 242 g/mol. The molecule has 3 nitrogen and oxygen atoms in total. The molecule has 0 saturated carbocycles. The van der Waals surface area contributed by atoms with Crippen molar-refractivity contribution in [1.82, 2.24) is 0 Å². The van der Waals surface area contributed by atoms with E-state index in [4.69, 9.17) is 5.26 Å². The van der Waals surface area contributed by atoms with Gasteiger partial charge in [-0.05, 0) is 6.92 Å². The average Bonchev–Trinajstić information content (AvgIpc) is 2.25. The highest BCUT2D eigenvalue weighted by Crippen LogP contribution is 2.23. The quantitative estimate of drug-likeness (QED) is 0.464. The summed E-state index contributed by atoms with van der Waals surface area (Å²) in [5.41, 5.74) is -0.401. The van der Waals surface area contributed by atoms with E-state index in [0.717, 1.165) is 5.56 Å². The molecule has 1 rings (SSSR count). The first-order valence-electron chi connectivity index (χ1n) is 4.66. The third kappa shape index (κ3) is 3.79. The fraction of sp³-hybridized carbons (Fsp3) is 0.273. The van der Waals surface area contributed by atoms with Crippen LogP contribution in [0.2, 0.25) is 0 Å². The maximum atomic E-state index is 12.6. The molecule has 17 heavy (non-hydrogen) atoms. The molecule has 1 aromatic rings. The Balaban J connectivity index is 3.03. The van der Waals surface area contributed by atoms with Gasteiger partial charge in [0.2, 0.25) is 6.61 Å². The predicted molar refractivity (Wildman–Crippen MR) is 55.3 cm³/mol. The van der Waals surface area contributed by atoms with E-state index < -0.39 is 18.5 Å². The number of alkyl halides is 3. The van der Waals surface area contributed by atoms with Crippen LogP contribution in [0, 0.1) is 18.3 Å². The Morgan fingerprint density at radius 1 is 1.35 bits per heavy atom. The minimum absolute atomic E-state index is 0.0963. The molecular weight excluding hydrogens is 233 g/mol. The lowest BCUT2D eigenvalue weighted by molar-refractivity contribution is -0.0611. The van der Waals surface area contributed by atoms with Crippen LogP contribution in [0.25, 0.3) is 0 Å². The number of oxime groups is 1. The first-order valence-corrected chi connectivity index (χ1v) is 4.66. The van der Waals surface area contributed by atoms with Crippen molar-refractivity contribution in [3.05, 3.63) is 35.4 Å². The van der Waals surface area contributed by atoms with Gasteiger partial charge in [0, 0.05) is 5.56 Å². The molecule has 1 aromatic carbocycles. The van der Waals surface area contributed by atoms with Gasteiger partial charge in [0.15, 0.2) is 5.71 Å². The first kappa shape index (κ1) is 13.0. The zero-order chi connectivity index (χ0) is 12.9. The Hall–Kier alpha value is -2.03. The van der Waals surface area contributed by atoms with Gasteiger partial charge in [-0.3, -0.25) is 0 Å². The number of hydrogen-bond acceptors (Lipinski definition) is 3. The van der Waals surface area contributed by atoms with Gasteiger partial charge in [0.25, 0.3) is 0 Å². The summed E-state index contributed by atoms with van der Waals surface area (Å²) in [6.07, 6.45) is -4.62. The predicted octanol–water partition coefficient (Wildman–Crippen LogP) is 2.80. The number of nitrogens with zero attached hydrogens (tertiary/aromatic N) is 2. The van der Waals surface area contributed by atoms with Crippen molar-refractivity contribution in [2.45, 2.75) is 13.1 Å². The third-order valence-corrected chi connectivity index (χ3v) is 1.88. The Kier molecular flexibility index (Phi) is 4.10. The van der Waals surface area contributed by atoms with Gasteiger partial charge >= 0.3 is 6.18 Å². The van der Waals surface area contributed by atoms with Gasteiger partial charge in [-0.25, -0.2) is 0 Å². The van der Waals surface area contributed by atoms with Crippen LogP contribution in [0.15, 0.2) is 29.4 Å². The van der Waals surface area contributed by atoms with Gasteiger partial charge in [-0.2, -0.15) is 18.4 Å². The number of benzene rings is 1. The first-order chi connectivity index (χ1) is 7.95. The van der Waals surface area contributed by atoms with Crippen LogP contribution in [-0.2, 0) is 4.84 Å². The molecule has 0 aliphatic rings. The number of rotatable bonds is 3. The molecular formula is C11H9F3N2O. The van der Waals surface area contributed by atoms with Gasteiger partial charge in [0.1, 0.15) is 6.07 Å². The Morgan fingerprint density at radius 3 is 2.41 bits per heavy atom. The molecule has 0 saturated heterocycles. The molecule has 0 atom stereocenters. The zero-order valence-electron chi connectivity index (χ0n) is 8.95. The smallest absolute Gasteiger partial charge is 0.380 e. The fourth-order valence-corrected chi connectivity index (χ4v) is 1.11. The van der Waals surface area contributed by atoms with E-state index in [-0.39, 0.29) is 5.56 Å². The van der Waals surface area contributed by atoms with Gasteiger partial charge in [-0.15, -0.1) is 0 Å². The summed E-state index contributed by atoms with van der Waals surface area (Å²) in [6.45, 7) is 1.24. The topological polar surface area (TPSA) is 45.4 Å². The summed E-state index contributed by atoms with van der Waals surface area (Å²) < 4.78 is 37.9. The van der Waals surface area contributed by atoms with Crippen LogP contribution in [0.5, 0.6) is 0 Å². The minimum Gasteiger partial charge on any atom is -0.380 e. The van der Waals surface area contributed by atoms with Crippen molar-refractivity contribution >= 4 is 5.71 Å². The van der Waals surface area contributed by atoms with E-state index >= 15 is 0 Å². The Bertz CT molecular complexity index is 443. The highest BCUT2D eigenvalue weighted by Gasteiger charge is 2.37. The fourth-order valence-electron chi connectivity index (χ4n) is 1.11. The second kappa shape index (κ2) is 5.34. The van der Waals surface area contributed by atoms with Gasteiger partial charge < -0.3 is 4.84 Å². The van der Waals surface area contributed by atoms with Crippen LogP contribution in [0.1, 0.15) is 11.1 Å². The van der Waals surface area contributed by atoms with Crippen LogP contribution >= 0.6 is 0 Å². The molecule has 0 spiro atoms. The minimum atomic E-state index is -4.62. The molecule has 6 heteroatoms. The van der Waals surface area contributed by atoms with Crippen molar-refractivity contribution in [1.29, 1.82) is 5.26 Å². The number of aryl methyl sites for hydroxylation is 1. The lowest BCUT2D eigenvalue weighted by atomic mass is 10.1. The summed E-state index contributed by atoms with van der Waals surface area (Å²) in [5, 5.41) is 11.1. The van der Waals surface area contributed by atoms with Crippen molar-refractivity contribution in [2.75, 3.05) is 6.61 Å². The molecule has 0 fully saturated rings. The lowest BCUT2D eigenvalue weighted by Crippen LogP contribution is -2.24. The summed E-state index contributed by atoms with van der Waals surface area (Å²) in [4.78, 5) is 4.26. The van der Waals surface area contributed by atoms with Gasteiger partial charge in [0.05, 0.1) is 0 Å². The normalized spacial score (nSPS) is 12.1. The van der Waals surface area contributed by atoms with E-state index in [1.807, 2.05) is 0 Å². The van der Waals surface area contributed by atoms with Crippen molar-refractivity contribution in [3.8, 4) is 6.07 Å². The van der Waals surface area contributed by atoms with E-state index in [1.54, 1.807) is 19.1 Å². The number of nitriles is 1. The highest BCUT2D eigenvalue weighted by molar-refractivity contribution is 6.04. The Labute approximate surface area is 96.1 Å². The Morgan fingerprint density at radius 2 is 1.94 bits per heavy atom. The number of halogens is 3. The zero-order valence-corrected chi connectivity index (χ0v) is 8.95. The molecule has 90 valence electrons. The third-order valence-electron chi connectivity index (χ3n) is 1.88. The largest absolute Gasteiger partial charge is 0.437 e. The van der Waals surface area contributed by atoms with Crippen LogP contribution in [0.4, 0.5) is 13.2 Å². The second-order valence-corrected chi connectivity index (χ2v) is 3.24. The molecule has 0 bridgehead atoms. The highest BCUT2D eigenvalue weighted by atomic mass is 19.4. The molecule has 0 aromatic heterocycles. The standard InChI is InChI=1S/C11H9F3N2O/c1-8-2-4-9(5-3-8)10(11(12,13)14)16-17-7-6-15/h2-5H,7H2,1H3. The number of hydrogen-bond donors (Lipinski definition) is 0. The molecule has 0 aliphatic heterocycles. The maximum absolute atomic E-state index is 12.6. The molecule has 0 aliphatic carbocycles. The lowest BCUT2D eigenvalue weighted by Gasteiger charge is -2.09. The summed E-state index contributed by atoms with van der Waals surface area (Å²) >= 11 is 0. The molecule has 0 radical (unpaired) electrons. The summed E-state index contributed by atoms with van der Waals surface area (Å²) in [7, 11) is 0. The molecule has 0 amide bonds. The molecule has 0 N–H and O–H groups in total. The van der Waals surface area contributed by atoms with E-state index in [2.05, 4.69) is 9.99 Å². The maximum Gasteiger partial charge on any atom is 0.437 e. The molecule has 0 heterocycles. The summed E-state index contributed by atoms with van der Waals surface area (Å²) in [6, 6.07) is 7.23. The van der Waals surface area contributed by atoms with Crippen LogP contribution in [-0.4, -0.2) is 18.5 Å². The van der Waals surface area contributed by atoms with Gasteiger partial charge in [-0.1, -0.05) is 35.0 Å². The van der Waals surface area contributed by atoms with Crippen molar-refractivity contribution in [2.24, 2.45) is 5.16 Å². The molecule has 0 unspecified atom stereocenters. The average molecular weight is 242 g/mol. The van der Waals surface area contributed by atoms with Crippen LogP contribution in [0.3, 0.4) is 0 Å². The van der Waals surface area contributed by atoms with E-state index in [0.29, 0.717) is 0 Å².